The van der Waals surface area contributed by atoms with E-state index in [0.717, 1.165) is 15.9 Å². The molecule has 0 aliphatic carbocycles. The molecule has 55 heavy (non-hydrogen) atoms. The van der Waals surface area contributed by atoms with Gasteiger partial charge in [0.1, 0.15) is 54.7 Å². The number of amides is 3. The number of aliphatic hydroxyl groups excluding tert-OH is 9. The number of nitrogens with one attached hydrogen (secondary N) is 3. The molecule has 18 nitrogen and oxygen atoms in total. The molecule has 0 bridgehead atoms. The lowest BCUT2D eigenvalue weighted by atomic mass is 10.1. The van der Waals surface area contributed by atoms with E-state index >= 15 is 0 Å². The molecule has 19 heteroatoms. The number of rotatable bonds is 12. The zero-order valence-electron chi connectivity index (χ0n) is 28.9. The molecule has 3 aromatic rings. The maximum Gasteiger partial charge on any atom is 0.251 e. The molecule has 12 N–H and O–H groups in total. The van der Waals surface area contributed by atoms with Crippen molar-refractivity contribution in [1.29, 1.82) is 0 Å². The fourth-order valence-corrected chi connectivity index (χ4v) is 8.83. The third-order valence-electron chi connectivity index (χ3n) is 9.71. The number of benzene rings is 3. The van der Waals surface area contributed by atoms with Crippen LogP contribution in [0.3, 0.4) is 0 Å². The summed E-state index contributed by atoms with van der Waals surface area (Å²) >= 11 is 0. The van der Waals surface area contributed by atoms with Crippen molar-refractivity contribution in [2.45, 2.75) is 73.6 Å². The Labute approximate surface area is 314 Å². The second-order valence-electron chi connectivity index (χ2n) is 13.2. The maximum atomic E-state index is 13.1. The van der Waals surface area contributed by atoms with Gasteiger partial charge in [-0.15, -0.1) is 0 Å². The van der Waals surface area contributed by atoms with Crippen molar-refractivity contribution < 1.29 is 74.6 Å². The van der Waals surface area contributed by atoms with Crippen LogP contribution < -0.4 is 31.9 Å². The van der Waals surface area contributed by atoms with Crippen molar-refractivity contribution in [3.05, 3.63) is 89.5 Å². The first-order valence-corrected chi connectivity index (χ1v) is 18.6. The van der Waals surface area contributed by atoms with Crippen molar-refractivity contribution in [2.75, 3.05) is 19.8 Å². The fraction of sp³-hybridized carbons (Fsp3) is 0.417. The Balaban J connectivity index is 1.24. The normalized spacial score (nSPS) is 32.2. The van der Waals surface area contributed by atoms with Crippen LogP contribution in [0.5, 0.6) is 0 Å². The van der Waals surface area contributed by atoms with Crippen molar-refractivity contribution in [3.63, 3.8) is 0 Å². The first kappa shape index (κ1) is 40.7. The van der Waals surface area contributed by atoms with E-state index in [9.17, 15) is 60.3 Å². The molecule has 3 aliphatic heterocycles. The predicted octanol–water partition coefficient (Wildman–Crippen LogP) is -5.05. The highest BCUT2D eigenvalue weighted by molar-refractivity contribution is 7.79. The lowest BCUT2D eigenvalue weighted by Crippen LogP contribution is -2.48. The van der Waals surface area contributed by atoms with Crippen molar-refractivity contribution in [3.8, 4) is 0 Å². The molecule has 6 rings (SSSR count). The standard InChI is InChI=1S/C36H42N3O15P/c40-13-22-28(43)25(34(49)52-22)37-31(46)16-1-7-19(8-2-16)55(20-9-3-17(4-10-20)32(47)38-26-29(44)23(14-41)53-35(26)50)21-11-5-18(6-12-21)33(48)39-27-30(45)24(15-42)54-36(27)51/h1-12,22-30,34-36,40-45,49-51H,13-15H2,(H,37,46)(H,38,47)(H,39,48). The molecule has 12 unspecified atom stereocenters. The van der Waals surface area contributed by atoms with E-state index in [0.29, 0.717) is 0 Å². The third kappa shape index (κ3) is 8.57. The van der Waals surface area contributed by atoms with Crippen LogP contribution in [0.1, 0.15) is 31.1 Å². The van der Waals surface area contributed by atoms with Gasteiger partial charge < -0.3 is 76.1 Å². The van der Waals surface area contributed by atoms with Crippen LogP contribution in [0.4, 0.5) is 0 Å². The highest BCUT2D eigenvalue weighted by atomic mass is 31.1. The van der Waals surface area contributed by atoms with Crippen LogP contribution in [0.2, 0.25) is 0 Å². The number of carbonyl (C=O) groups is 3. The zero-order chi connectivity index (χ0) is 39.6. The molecule has 12 atom stereocenters. The van der Waals surface area contributed by atoms with Crippen LogP contribution in [-0.4, -0.2) is 157 Å². The minimum atomic E-state index is -1.53. The second-order valence-corrected chi connectivity index (χ2v) is 15.4. The quantitative estimate of drug-likeness (QED) is 0.0765. The van der Waals surface area contributed by atoms with Gasteiger partial charge in [-0.1, -0.05) is 36.4 Å². The summed E-state index contributed by atoms with van der Waals surface area (Å²) in [5.41, 5.74) is 0.575. The molecular weight excluding hydrogens is 745 g/mol. The zero-order valence-corrected chi connectivity index (χ0v) is 29.8. The van der Waals surface area contributed by atoms with Crippen molar-refractivity contribution in [1.82, 2.24) is 16.0 Å². The molecule has 0 aromatic heterocycles. The molecular formula is C36H42N3O15P. The lowest BCUT2D eigenvalue weighted by Gasteiger charge is -2.22. The maximum absolute atomic E-state index is 13.1. The molecule has 0 radical (unpaired) electrons. The Morgan fingerprint density at radius 3 is 0.891 bits per heavy atom. The van der Waals surface area contributed by atoms with E-state index in [-0.39, 0.29) is 16.7 Å². The largest absolute Gasteiger partial charge is 0.394 e. The molecule has 3 saturated heterocycles. The lowest BCUT2D eigenvalue weighted by molar-refractivity contribution is -0.112. The van der Waals surface area contributed by atoms with E-state index in [4.69, 9.17) is 14.2 Å². The van der Waals surface area contributed by atoms with Crippen LogP contribution in [-0.2, 0) is 14.2 Å². The highest BCUT2D eigenvalue weighted by Crippen LogP contribution is 2.33. The average Bonchev–Trinajstić information content (AvgIpc) is 3.74. The van der Waals surface area contributed by atoms with Crippen molar-refractivity contribution in [2.24, 2.45) is 0 Å². The highest BCUT2D eigenvalue weighted by Gasteiger charge is 2.45. The molecule has 3 heterocycles. The molecule has 3 aromatic carbocycles. The van der Waals surface area contributed by atoms with Gasteiger partial charge in [0.25, 0.3) is 17.7 Å². The molecule has 3 fully saturated rings. The Kier molecular flexibility index (Phi) is 12.9. The minimum Gasteiger partial charge on any atom is -0.394 e. The molecule has 296 valence electrons. The number of ether oxygens (including phenoxy) is 3. The Morgan fingerprint density at radius 1 is 0.455 bits per heavy atom. The summed E-state index contributed by atoms with van der Waals surface area (Å²) in [6.45, 7) is -1.67. The van der Waals surface area contributed by atoms with E-state index in [1.54, 1.807) is 72.8 Å². The van der Waals surface area contributed by atoms with Crippen LogP contribution in [0, 0.1) is 0 Å². The molecule has 3 amide bonds. The number of aliphatic hydroxyl groups is 9. The van der Waals surface area contributed by atoms with Crippen LogP contribution in [0.25, 0.3) is 0 Å². The molecule has 3 aliphatic rings. The number of carbonyl (C=O) groups excluding carboxylic acids is 3. The number of hydrogen-bond acceptors (Lipinski definition) is 15. The van der Waals surface area contributed by atoms with Gasteiger partial charge in [0.05, 0.1) is 19.8 Å². The fourth-order valence-electron chi connectivity index (χ4n) is 6.59. The smallest absolute Gasteiger partial charge is 0.251 e. The molecule has 0 spiro atoms. The van der Waals surface area contributed by atoms with Gasteiger partial charge in [0.15, 0.2) is 18.9 Å². The summed E-state index contributed by atoms with van der Waals surface area (Å²) < 4.78 is 15.3. The summed E-state index contributed by atoms with van der Waals surface area (Å²) in [7, 11) is -1.43. The van der Waals surface area contributed by atoms with Gasteiger partial charge in [-0.25, -0.2) is 0 Å². The van der Waals surface area contributed by atoms with E-state index in [1.807, 2.05) is 0 Å². The van der Waals surface area contributed by atoms with Gasteiger partial charge >= 0.3 is 0 Å². The predicted molar refractivity (Wildman–Crippen MR) is 191 cm³/mol. The monoisotopic (exact) mass is 787 g/mol. The minimum absolute atomic E-state index is 0.192. The van der Waals surface area contributed by atoms with Crippen molar-refractivity contribution >= 4 is 41.6 Å². The van der Waals surface area contributed by atoms with E-state index < -0.39 is 119 Å². The SMILES string of the molecule is O=C(NC1C(O)OC(CO)C1O)c1ccc(P(c2ccc(C(=O)NC3C(O)OC(CO)C3O)cc2)c2ccc(C(=O)NC3C(O)OC(CO)C3O)cc2)cc1. The number of hydrogen-bond donors (Lipinski definition) is 12. The van der Waals surface area contributed by atoms with Gasteiger partial charge in [-0.2, -0.15) is 0 Å². The third-order valence-corrected chi connectivity index (χ3v) is 12.2. The van der Waals surface area contributed by atoms with E-state index in [1.165, 1.54) is 0 Å². The van der Waals surface area contributed by atoms with Crippen LogP contribution >= 0.6 is 7.92 Å². The molecule has 0 saturated carbocycles. The first-order valence-electron chi connectivity index (χ1n) is 17.3. The summed E-state index contributed by atoms with van der Waals surface area (Å²) in [4.78, 5) is 39.3. The Hall–Kier alpha value is -3.98. The van der Waals surface area contributed by atoms with Crippen LogP contribution in [0.15, 0.2) is 72.8 Å². The average molecular weight is 788 g/mol. The Bertz CT molecular complexity index is 1600. The van der Waals surface area contributed by atoms with E-state index in [2.05, 4.69) is 16.0 Å². The van der Waals surface area contributed by atoms with Gasteiger partial charge in [0.2, 0.25) is 0 Å². The summed E-state index contributed by atoms with van der Waals surface area (Å²) in [5.74, 6) is -1.85. The first-order chi connectivity index (χ1) is 26.3. The van der Waals surface area contributed by atoms with Gasteiger partial charge in [-0.3, -0.25) is 14.4 Å². The van der Waals surface area contributed by atoms with Gasteiger partial charge in [-0.05, 0) is 60.2 Å². The summed E-state index contributed by atoms with van der Waals surface area (Å²) in [6, 6.07) is 16.0. The second kappa shape index (κ2) is 17.4. The van der Waals surface area contributed by atoms with Gasteiger partial charge in [0, 0.05) is 16.7 Å². The summed E-state index contributed by atoms with van der Waals surface area (Å²) in [6.07, 6.45) is -11.8. The Morgan fingerprint density at radius 2 is 0.691 bits per heavy atom. The topological polar surface area (TPSA) is 297 Å². The summed E-state index contributed by atoms with van der Waals surface area (Å²) in [5, 5.41) is 99.3.